The normalized spacial score (nSPS) is 19.0. The Hall–Kier alpha value is -1.23. The lowest BCUT2D eigenvalue weighted by molar-refractivity contribution is 0.320. The minimum Gasteiger partial charge on any atom is -0.309 e. The van der Waals surface area contributed by atoms with E-state index >= 15 is 0 Å². The van der Waals surface area contributed by atoms with E-state index in [9.17, 15) is 0 Å². The Morgan fingerprint density at radius 3 is 2.86 bits per heavy atom. The summed E-state index contributed by atoms with van der Waals surface area (Å²) in [6.07, 6.45) is 4.96. The predicted octanol–water partition coefficient (Wildman–Crippen LogP) is 3.21. The smallest absolute Gasteiger partial charge is 0.0410 e. The van der Waals surface area contributed by atoms with Gasteiger partial charge in [-0.1, -0.05) is 30.3 Å². The molecule has 1 N–H and O–H groups in total. The van der Waals surface area contributed by atoms with E-state index in [0.717, 1.165) is 24.1 Å². The number of aromatic nitrogens is 1. The summed E-state index contributed by atoms with van der Waals surface area (Å²) < 4.78 is 1.04. The number of hydrogen-bond acceptors (Lipinski definition) is 3. The van der Waals surface area contributed by atoms with E-state index in [2.05, 4.69) is 67.5 Å². The Balaban J connectivity index is 1.46. The molecule has 0 bridgehead atoms. The third-order valence-electron chi connectivity index (χ3n) is 3.88. The fourth-order valence-corrected chi connectivity index (χ4v) is 3.21. The van der Waals surface area contributed by atoms with Crippen LogP contribution in [0.1, 0.15) is 17.5 Å². The molecule has 1 aromatic heterocycles. The van der Waals surface area contributed by atoms with Gasteiger partial charge in [-0.15, -0.1) is 0 Å². The van der Waals surface area contributed by atoms with Crippen molar-refractivity contribution in [2.24, 2.45) is 0 Å². The van der Waals surface area contributed by atoms with Crippen molar-refractivity contribution in [3.05, 3.63) is 64.4 Å². The molecule has 110 valence electrons. The lowest BCUT2D eigenvalue weighted by Crippen LogP contribution is -2.32. The highest BCUT2D eigenvalue weighted by atomic mass is 79.9. The highest BCUT2D eigenvalue weighted by molar-refractivity contribution is 9.10. The van der Waals surface area contributed by atoms with Gasteiger partial charge in [-0.05, 0) is 39.5 Å². The summed E-state index contributed by atoms with van der Waals surface area (Å²) in [5, 5.41) is 3.64. The van der Waals surface area contributed by atoms with E-state index < -0.39 is 0 Å². The van der Waals surface area contributed by atoms with Gasteiger partial charge in [-0.25, -0.2) is 0 Å². The van der Waals surface area contributed by atoms with Crippen molar-refractivity contribution in [1.29, 1.82) is 0 Å². The number of nitrogens with one attached hydrogen (secondary N) is 1. The van der Waals surface area contributed by atoms with Gasteiger partial charge in [0.25, 0.3) is 0 Å². The van der Waals surface area contributed by atoms with Gasteiger partial charge >= 0.3 is 0 Å². The van der Waals surface area contributed by atoms with Crippen molar-refractivity contribution < 1.29 is 0 Å². The lowest BCUT2D eigenvalue weighted by Gasteiger charge is -2.16. The molecule has 2 aromatic rings. The molecule has 1 atom stereocenters. The summed E-state index contributed by atoms with van der Waals surface area (Å²) in [6.45, 7) is 4.23. The maximum Gasteiger partial charge on any atom is 0.0410 e. The number of likely N-dealkylation sites (tertiary alicyclic amines) is 1. The van der Waals surface area contributed by atoms with E-state index in [0.29, 0.717) is 6.04 Å². The van der Waals surface area contributed by atoms with Gasteiger partial charge in [0.05, 0.1) is 0 Å². The van der Waals surface area contributed by atoms with Crippen molar-refractivity contribution >= 4 is 15.9 Å². The minimum absolute atomic E-state index is 0.577. The summed E-state index contributed by atoms with van der Waals surface area (Å²) in [7, 11) is 0. The molecule has 1 aromatic carbocycles. The standard InChI is InChI=1S/C17H20BrN3/c18-16-8-15(9-19-11-16)10-20-17-6-7-21(13-17)12-14-4-2-1-3-5-14/h1-5,8-9,11,17,20H,6-7,10,12-13H2. The van der Waals surface area contributed by atoms with Crippen LogP contribution in [0.5, 0.6) is 0 Å². The highest BCUT2D eigenvalue weighted by Crippen LogP contribution is 2.15. The maximum absolute atomic E-state index is 4.20. The van der Waals surface area contributed by atoms with Crippen LogP contribution < -0.4 is 5.32 Å². The molecule has 21 heavy (non-hydrogen) atoms. The fraction of sp³-hybridized carbons (Fsp3) is 0.353. The Morgan fingerprint density at radius 1 is 1.19 bits per heavy atom. The zero-order chi connectivity index (χ0) is 14.5. The van der Waals surface area contributed by atoms with Crippen LogP contribution in [0.25, 0.3) is 0 Å². The van der Waals surface area contributed by atoms with Crippen molar-refractivity contribution in [1.82, 2.24) is 15.2 Å². The van der Waals surface area contributed by atoms with E-state index in [1.54, 1.807) is 0 Å². The minimum atomic E-state index is 0.577. The molecule has 2 heterocycles. The second-order valence-electron chi connectivity index (χ2n) is 5.60. The number of pyridine rings is 1. The molecule has 0 spiro atoms. The van der Waals surface area contributed by atoms with E-state index in [1.165, 1.54) is 24.1 Å². The second kappa shape index (κ2) is 7.16. The summed E-state index contributed by atoms with van der Waals surface area (Å²) in [4.78, 5) is 6.72. The highest BCUT2D eigenvalue weighted by Gasteiger charge is 2.21. The SMILES string of the molecule is Brc1cncc(CNC2CCN(Cc3ccccc3)C2)c1. The zero-order valence-electron chi connectivity index (χ0n) is 12.0. The molecule has 3 rings (SSSR count). The average molecular weight is 346 g/mol. The van der Waals surface area contributed by atoms with Crippen LogP contribution in [0, 0.1) is 0 Å². The van der Waals surface area contributed by atoms with Crippen LogP contribution in [0.4, 0.5) is 0 Å². The molecule has 3 nitrogen and oxygen atoms in total. The molecule has 0 amide bonds. The van der Waals surface area contributed by atoms with Crippen LogP contribution in [0.3, 0.4) is 0 Å². The van der Waals surface area contributed by atoms with Crippen molar-refractivity contribution in [3.63, 3.8) is 0 Å². The Morgan fingerprint density at radius 2 is 2.05 bits per heavy atom. The topological polar surface area (TPSA) is 28.2 Å². The van der Waals surface area contributed by atoms with Gasteiger partial charge in [0.1, 0.15) is 0 Å². The quantitative estimate of drug-likeness (QED) is 0.901. The van der Waals surface area contributed by atoms with Crippen molar-refractivity contribution in [2.45, 2.75) is 25.6 Å². The lowest BCUT2D eigenvalue weighted by atomic mass is 10.2. The molecule has 0 aliphatic carbocycles. The van der Waals surface area contributed by atoms with Gasteiger partial charge in [0.2, 0.25) is 0 Å². The van der Waals surface area contributed by atoms with Gasteiger partial charge in [-0.3, -0.25) is 9.88 Å². The Bertz CT molecular complexity index is 573. The molecular formula is C17H20BrN3. The van der Waals surface area contributed by atoms with E-state index in [4.69, 9.17) is 0 Å². The number of benzene rings is 1. The van der Waals surface area contributed by atoms with Crippen LogP contribution in [-0.4, -0.2) is 29.0 Å². The van der Waals surface area contributed by atoms with Gasteiger partial charge in [0.15, 0.2) is 0 Å². The number of rotatable bonds is 5. The van der Waals surface area contributed by atoms with Crippen LogP contribution in [0.2, 0.25) is 0 Å². The Kier molecular flexibility index (Phi) is 5.01. The number of hydrogen-bond donors (Lipinski definition) is 1. The first-order chi connectivity index (χ1) is 10.3. The molecule has 4 heteroatoms. The summed E-state index contributed by atoms with van der Waals surface area (Å²) in [5.74, 6) is 0. The Labute approximate surface area is 134 Å². The van der Waals surface area contributed by atoms with Crippen LogP contribution >= 0.6 is 15.9 Å². The summed E-state index contributed by atoms with van der Waals surface area (Å²) in [5.41, 5.74) is 2.63. The van der Waals surface area contributed by atoms with E-state index in [1.807, 2.05) is 12.4 Å². The van der Waals surface area contributed by atoms with Crippen molar-refractivity contribution in [2.75, 3.05) is 13.1 Å². The molecule has 1 fully saturated rings. The number of halogens is 1. The largest absolute Gasteiger partial charge is 0.309 e. The summed E-state index contributed by atoms with van der Waals surface area (Å²) in [6, 6.07) is 13.4. The second-order valence-corrected chi connectivity index (χ2v) is 6.51. The average Bonchev–Trinajstić information content (AvgIpc) is 2.94. The van der Waals surface area contributed by atoms with Crippen molar-refractivity contribution in [3.8, 4) is 0 Å². The molecular weight excluding hydrogens is 326 g/mol. The van der Waals surface area contributed by atoms with Gasteiger partial charge in [-0.2, -0.15) is 0 Å². The predicted molar refractivity (Wildman–Crippen MR) is 88.9 cm³/mol. The molecule has 1 unspecified atom stereocenters. The zero-order valence-corrected chi connectivity index (χ0v) is 13.6. The van der Waals surface area contributed by atoms with Gasteiger partial charge in [0, 0.05) is 49.1 Å². The maximum atomic E-state index is 4.20. The number of nitrogens with zero attached hydrogens (tertiary/aromatic N) is 2. The first kappa shape index (κ1) is 14.7. The third-order valence-corrected chi connectivity index (χ3v) is 4.31. The van der Waals surface area contributed by atoms with Crippen LogP contribution in [0.15, 0.2) is 53.3 Å². The summed E-state index contributed by atoms with van der Waals surface area (Å²) >= 11 is 3.46. The third kappa shape index (κ3) is 4.37. The molecule has 1 saturated heterocycles. The first-order valence-corrected chi connectivity index (χ1v) is 8.18. The van der Waals surface area contributed by atoms with Crippen LogP contribution in [-0.2, 0) is 13.1 Å². The van der Waals surface area contributed by atoms with Gasteiger partial charge < -0.3 is 5.32 Å². The molecule has 0 radical (unpaired) electrons. The first-order valence-electron chi connectivity index (χ1n) is 7.39. The molecule has 1 aliphatic heterocycles. The van der Waals surface area contributed by atoms with E-state index in [-0.39, 0.29) is 0 Å². The molecule has 1 aliphatic rings. The monoisotopic (exact) mass is 345 g/mol. The fourth-order valence-electron chi connectivity index (χ4n) is 2.80. The molecule has 0 saturated carbocycles.